The van der Waals surface area contributed by atoms with Crippen LogP contribution in [0.25, 0.3) is 0 Å². The highest BCUT2D eigenvalue weighted by atomic mass is 32.1. The molecule has 0 aliphatic heterocycles. The molecular formula is C25H29N5O5S. The van der Waals surface area contributed by atoms with Crippen LogP contribution in [0, 0.1) is 0 Å². The fourth-order valence-corrected chi connectivity index (χ4v) is 3.76. The Balaban J connectivity index is 1.52. The SMILES string of the molecule is N[C@@H](CCCN=C(NC(=O)OCc1ccccc1)NC(=O)OCc1ccccc1)C(O)c1nccs1. The van der Waals surface area contributed by atoms with E-state index in [1.54, 1.807) is 11.6 Å². The second-order valence-electron chi connectivity index (χ2n) is 7.73. The molecule has 0 spiro atoms. The number of benzene rings is 2. The molecule has 1 unspecified atom stereocenters. The van der Waals surface area contributed by atoms with Gasteiger partial charge < -0.3 is 20.3 Å². The van der Waals surface area contributed by atoms with Gasteiger partial charge in [0.1, 0.15) is 24.3 Å². The topological polar surface area (TPSA) is 148 Å². The van der Waals surface area contributed by atoms with E-state index >= 15 is 0 Å². The zero-order chi connectivity index (χ0) is 25.6. The van der Waals surface area contributed by atoms with Crippen molar-refractivity contribution in [3.63, 3.8) is 0 Å². The third-order valence-corrected chi connectivity index (χ3v) is 5.79. The van der Waals surface area contributed by atoms with Crippen LogP contribution in [-0.4, -0.2) is 40.8 Å². The van der Waals surface area contributed by atoms with Crippen LogP contribution in [0.1, 0.15) is 35.1 Å². The zero-order valence-corrected chi connectivity index (χ0v) is 20.4. The second-order valence-corrected chi connectivity index (χ2v) is 8.65. The Morgan fingerprint density at radius 3 is 2.03 bits per heavy atom. The summed E-state index contributed by atoms with van der Waals surface area (Å²) in [5.74, 6) is -0.111. The van der Waals surface area contributed by atoms with E-state index < -0.39 is 24.3 Å². The van der Waals surface area contributed by atoms with Gasteiger partial charge in [-0.3, -0.25) is 15.6 Å². The third kappa shape index (κ3) is 9.45. The van der Waals surface area contributed by atoms with Crippen LogP contribution in [-0.2, 0) is 22.7 Å². The van der Waals surface area contributed by atoms with Crippen LogP contribution in [0.2, 0.25) is 0 Å². The van der Waals surface area contributed by atoms with Gasteiger partial charge in [0, 0.05) is 24.2 Å². The maximum absolute atomic E-state index is 12.3. The summed E-state index contributed by atoms with van der Waals surface area (Å²) in [5, 5.41) is 17.5. The summed E-state index contributed by atoms with van der Waals surface area (Å²) in [4.78, 5) is 32.9. The predicted molar refractivity (Wildman–Crippen MR) is 136 cm³/mol. The second kappa shape index (κ2) is 14.6. The van der Waals surface area contributed by atoms with Crippen LogP contribution >= 0.6 is 11.3 Å². The molecule has 0 saturated heterocycles. The molecule has 3 rings (SSSR count). The quantitative estimate of drug-likeness (QED) is 0.185. The van der Waals surface area contributed by atoms with Crippen LogP contribution < -0.4 is 16.4 Å². The number of rotatable bonds is 10. The summed E-state index contributed by atoms with van der Waals surface area (Å²) in [6.07, 6.45) is 0.125. The molecule has 36 heavy (non-hydrogen) atoms. The lowest BCUT2D eigenvalue weighted by Gasteiger charge is -2.16. The Hall–Kier alpha value is -3.80. The van der Waals surface area contributed by atoms with Gasteiger partial charge in [-0.25, -0.2) is 14.6 Å². The minimum absolute atomic E-state index is 0.0574. The minimum Gasteiger partial charge on any atom is -0.444 e. The number of nitrogens with zero attached hydrogens (tertiary/aromatic N) is 2. The highest BCUT2D eigenvalue weighted by molar-refractivity contribution is 7.09. The Morgan fingerprint density at radius 2 is 1.53 bits per heavy atom. The molecule has 0 saturated carbocycles. The summed E-state index contributed by atoms with van der Waals surface area (Å²) in [5.41, 5.74) is 7.69. The molecule has 2 atom stereocenters. The number of amides is 2. The van der Waals surface area contributed by atoms with E-state index in [1.807, 2.05) is 60.7 Å². The van der Waals surface area contributed by atoms with E-state index in [9.17, 15) is 14.7 Å². The number of nitrogens with one attached hydrogen (secondary N) is 2. The molecule has 5 N–H and O–H groups in total. The standard InChI is InChI=1S/C25H29N5O5S/c26-20(21(31)22-27-14-15-36-22)12-7-13-28-23(29-24(32)34-16-18-8-3-1-4-9-18)30-25(33)35-17-19-10-5-2-6-11-19/h1-6,8-11,14-15,20-21,31H,7,12-13,16-17,26H2,(H2,28,29,30,32,33)/t20-,21?/m0/s1. The average Bonchev–Trinajstić information content (AvgIpc) is 3.44. The van der Waals surface area contributed by atoms with Crippen molar-refractivity contribution in [2.45, 2.75) is 38.2 Å². The maximum Gasteiger partial charge on any atom is 0.414 e. The maximum atomic E-state index is 12.3. The van der Waals surface area contributed by atoms with Crippen LogP contribution in [0.5, 0.6) is 0 Å². The van der Waals surface area contributed by atoms with Crippen molar-refractivity contribution in [3.8, 4) is 0 Å². The first-order valence-electron chi connectivity index (χ1n) is 11.3. The molecule has 0 bridgehead atoms. The van der Waals surface area contributed by atoms with Crippen molar-refractivity contribution >= 4 is 29.5 Å². The normalized spacial score (nSPS) is 12.2. The number of hydrogen-bond donors (Lipinski definition) is 4. The first kappa shape index (κ1) is 26.8. The minimum atomic E-state index is -0.870. The number of nitrogens with two attached hydrogens (primary N) is 1. The van der Waals surface area contributed by atoms with Crippen molar-refractivity contribution in [1.29, 1.82) is 0 Å². The molecule has 190 valence electrons. The number of carbonyl (C=O) groups excluding carboxylic acids is 2. The number of aliphatic imine (C=N–C) groups is 1. The van der Waals surface area contributed by atoms with Crippen molar-refractivity contribution in [3.05, 3.63) is 88.4 Å². The Labute approximate surface area is 213 Å². The van der Waals surface area contributed by atoms with Gasteiger partial charge in [0.15, 0.2) is 0 Å². The Morgan fingerprint density at radius 1 is 0.972 bits per heavy atom. The lowest BCUT2D eigenvalue weighted by molar-refractivity contribution is 0.141. The summed E-state index contributed by atoms with van der Waals surface area (Å²) < 4.78 is 10.4. The summed E-state index contributed by atoms with van der Waals surface area (Å²) in [6, 6.07) is 17.8. The van der Waals surface area contributed by atoms with E-state index in [4.69, 9.17) is 15.2 Å². The van der Waals surface area contributed by atoms with Gasteiger partial charge in [-0.2, -0.15) is 0 Å². The first-order chi connectivity index (χ1) is 17.5. The largest absolute Gasteiger partial charge is 0.444 e. The molecule has 2 aromatic carbocycles. The number of aromatic nitrogens is 1. The van der Waals surface area contributed by atoms with E-state index in [-0.39, 0.29) is 25.7 Å². The number of ether oxygens (including phenoxy) is 2. The summed E-state index contributed by atoms with van der Waals surface area (Å²) >= 11 is 1.33. The summed E-state index contributed by atoms with van der Waals surface area (Å²) in [7, 11) is 0. The molecular weight excluding hydrogens is 482 g/mol. The van der Waals surface area contributed by atoms with Crippen molar-refractivity contribution < 1.29 is 24.2 Å². The molecule has 0 radical (unpaired) electrons. The lowest BCUT2D eigenvalue weighted by atomic mass is 10.1. The van der Waals surface area contributed by atoms with E-state index in [2.05, 4.69) is 20.6 Å². The molecule has 11 heteroatoms. The number of aliphatic hydroxyl groups excluding tert-OH is 1. The van der Waals surface area contributed by atoms with Gasteiger partial charge in [0.05, 0.1) is 0 Å². The number of alkyl carbamates (subject to hydrolysis) is 2. The predicted octanol–water partition coefficient (Wildman–Crippen LogP) is 3.49. The Bertz CT molecular complexity index is 1040. The van der Waals surface area contributed by atoms with Crippen molar-refractivity contribution in [1.82, 2.24) is 15.6 Å². The van der Waals surface area contributed by atoms with Crippen LogP contribution in [0.15, 0.2) is 77.2 Å². The van der Waals surface area contributed by atoms with Crippen molar-refractivity contribution in [2.24, 2.45) is 10.7 Å². The van der Waals surface area contributed by atoms with E-state index in [0.29, 0.717) is 17.8 Å². The van der Waals surface area contributed by atoms with Gasteiger partial charge in [-0.05, 0) is 24.0 Å². The first-order valence-corrected chi connectivity index (χ1v) is 12.2. The Kier molecular flexibility index (Phi) is 10.8. The number of hydrogen-bond acceptors (Lipinski definition) is 9. The van der Waals surface area contributed by atoms with Gasteiger partial charge in [-0.15, -0.1) is 11.3 Å². The highest BCUT2D eigenvalue weighted by Crippen LogP contribution is 2.20. The zero-order valence-electron chi connectivity index (χ0n) is 19.6. The lowest BCUT2D eigenvalue weighted by Crippen LogP contribution is -2.44. The monoisotopic (exact) mass is 511 g/mol. The third-order valence-electron chi connectivity index (χ3n) is 4.94. The molecule has 3 aromatic rings. The molecule has 0 aliphatic carbocycles. The molecule has 1 heterocycles. The molecule has 1 aromatic heterocycles. The van der Waals surface area contributed by atoms with E-state index in [0.717, 1.165) is 11.1 Å². The molecule has 0 aliphatic rings. The van der Waals surface area contributed by atoms with E-state index in [1.165, 1.54) is 11.3 Å². The smallest absolute Gasteiger partial charge is 0.414 e. The number of aliphatic hydroxyl groups is 1. The molecule has 2 amide bonds. The highest BCUT2D eigenvalue weighted by Gasteiger charge is 2.19. The number of guanidine groups is 1. The molecule has 10 nitrogen and oxygen atoms in total. The van der Waals surface area contributed by atoms with Gasteiger partial charge >= 0.3 is 12.2 Å². The van der Waals surface area contributed by atoms with Gasteiger partial charge in [0.25, 0.3) is 0 Å². The van der Waals surface area contributed by atoms with Crippen molar-refractivity contribution in [2.75, 3.05) is 6.54 Å². The van der Waals surface area contributed by atoms with Gasteiger partial charge in [0.2, 0.25) is 5.96 Å². The summed E-state index contributed by atoms with van der Waals surface area (Å²) in [6.45, 7) is 0.343. The molecule has 0 fully saturated rings. The van der Waals surface area contributed by atoms with Crippen LogP contribution in [0.3, 0.4) is 0 Å². The van der Waals surface area contributed by atoms with Crippen LogP contribution in [0.4, 0.5) is 9.59 Å². The fraction of sp³-hybridized carbons (Fsp3) is 0.280. The number of thiazole rings is 1. The fourth-order valence-electron chi connectivity index (χ4n) is 3.06. The van der Waals surface area contributed by atoms with Gasteiger partial charge in [-0.1, -0.05) is 60.7 Å². The average molecular weight is 512 g/mol. The number of carbonyl (C=O) groups is 2.